The summed E-state index contributed by atoms with van der Waals surface area (Å²) in [7, 11) is 1.48. The van der Waals surface area contributed by atoms with Gasteiger partial charge in [-0.2, -0.15) is 0 Å². The van der Waals surface area contributed by atoms with Crippen molar-refractivity contribution in [3.63, 3.8) is 0 Å². The fourth-order valence-electron chi connectivity index (χ4n) is 3.61. The van der Waals surface area contributed by atoms with Crippen molar-refractivity contribution in [3.8, 4) is 11.5 Å². The van der Waals surface area contributed by atoms with Crippen molar-refractivity contribution in [1.82, 2.24) is 0 Å². The molecule has 0 unspecified atom stereocenters. The van der Waals surface area contributed by atoms with Crippen LogP contribution in [0.2, 0.25) is 0 Å². The van der Waals surface area contributed by atoms with Crippen LogP contribution in [0, 0.1) is 19.7 Å². The normalized spacial score (nSPS) is 14.3. The Morgan fingerprint density at radius 1 is 1.14 bits per heavy atom. The first-order valence-electron chi connectivity index (χ1n) is 11.1. The lowest BCUT2D eigenvalue weighted by molar-refractivity contribution is -0.118. The smallest absolute Gasteiger partial charge is 0.270 e. The van der Waals surface area contributed by atoms with Crippen molar-refractivity contribution in [2.24, 2.45) is 0 Å². The van der Waals surface area contributed by atoms with E-state index in [-0.39, 0.29) is 22.5 Å². The predicted molar refractivity (Wildman–Crippen MR) is 153 cm³/mol. The van der Waals surface area contributed by atoms with Crippen LogP contribution < -0.4 is 19.7 Å². The van der Waals surface area contributed by atoms with E-state index in [4.69, 9.17) is 21.7 Å². The van der Waals surface area contributed by atoms with Gasteiger partial charge in [-0.3, -0.25) is 14.5 Å². The zero-order chi connectivity index (χ0) is 26.7. The molecule has 2 amide bonds. The van der Waals surface area contributed by atoms with Gasteiger partial charge in [0.15, 0.2) is 22.4 Å². The average Bonchev–Trinajstić information content (AvgIpc) is 3.16. The summed E-state index contributed by atoms with van der Waals surface area (Å²) < 4.78 is 26.6. The Morgan fingerprint density at radius 2 is 1.89 bits per heavy atom. The molecule has 10 heteroatoms. The van der Waals surface area contributed by atoms with E-state index in [9.17, 15) is 14.0 Å². The number of anilines is 2. The van der Waals surface area contributed by atoms with Gasteiger partial charge in [0.05, 0.1) is 17.7 Å². The minimum atomic E-state index is -0.530. The van der Waals surface area contributed by atoms with E-state index in [1.807, 2.05) is 26.0 Å². The van der Waals surface area contributed by atoms with Crippen LogP contribution in [-0.4, -0.2) is 29.9 Å². The molecule has 1 heterocycles. The Morgan fingerprint density at radius 3 is 2.62 bits per heavy atom. The van der Waals surface area contributed by atoms with Crippen LogP contribution in [0.3, 0.4) is 0 Å². The van der Waals surface area contributed by atoms with E-state index in [2.05, 4.69) is 21.2 Å². The molecule has 1 saturated heterocycles. The van der Waals surface area contributed by atoms with E-state index in [0.29, 0.717) is 27.7 Å². The van der Waals surface area contributed by atoms with Gasteiger partial charge >= 0.3 is 0 Å². The minimum absolute atomic E-state index is 0.112. The Hall–Kier alpha value is -3.21. The molecule has 0 aliphatic carbocycles. The van der Waals surface area contributed by atoms with Gasteiger partial charge in [-0.1, -0.05) is 58.1 Å². The molecular formula is C27H22BrFN2O4S2. The first-order chi connectivity index (χ1) is 17.7. The number of benzene rings is 3. The molecule has 1 fully saturated rings. The Labute approximate surface area is 232 Å². The fraction of sp³-hybridized carbons (Fsp3) is 0.148. The lowest BCUT2D eigenvalue weighted by Gasteiger charge is -2.15. The lowest BCUT2D eigenvalue weighted by Crippen LogP contribution is -2.28. The molecule has 3 aromatic rings. The maximum Gasteiger partial charge on any atom is 0.270 e. The highest BCUT2D eigenvalue weighted by molar-refractivity contribution is 9.10. The average molecular weight is 602 g/mol. The van der Waals surface area contributed by atoms with Crippen molar-refractivity contribution in [3.05, 3.63) is 86.5 Å². The molecule has 0 saturated carbocycles. The van der Waals surface area contributed by atoms with E-state index < -0.39 is 11.7 Å². The molecule has 1 aliphatic heterocycles. The molecule has 1 N–H and O–H groups in total. The summed E-state index contributed by atoms with van der Waals surface area (Å²) in [6.45, 7) is 3.68. The summed E-state index contributed by atoms with van der Waals surface area (Å²) in [5.41, 5.74) is 3.49. The highest BCUT2D eigenvalue weighted by Crippen LogP contribution is 2.38. The van der Waals surface area contributed by atoms with Crippen molar-refractivity contribution < 1.29 is 23.5 Å². The number of methoxy groups -OCH3 is 1. The minimum Gasteiger partial charge on any atom is -0.493 e. The molecule has 1 aliphatic rings. The maximum absolute atomic E-state index is 14.2. The second-order valence-corrected chi connectivity index (χ2v) is 10.6. The molecule has 4 rings (SSSR count). The van der Waals surface area contributed by atoms with E-state index in [0.717, 1.165) is 27.4 Å². The second-order valence-electron chi connectivity index (χ2n) is 8.06. The number of carbonyl (C=O) groups excluding carboxylic acids is 2. The van der Waals surface area contributed by atoms with Gasteiger partial charge in [0.2, 0.25) is 0 Å². The van der Waals surface area contributed by atoms with Crippen molar-refractivity contribution in [1.29, 1.82) is 0 Å². The number of thiocarbonyl (C=S) groups is 1. The Kier molecular flexibility index (Phi) is 8.31. The van der Waals surface area contributed by atoms with Gasteiger partial charge in [0, 0.05) is 10.2 Å². The number of hydrogen-bond acceptors (Lipinski definition) is 6. The third-order valence-corrected chi connectivity index (χ3v) is 7.89. The van der Waals surface area contributed by atoms with Crippen molar-refractivity contribution >= 4 is 73.5 Å². The first kappa shape index (κ1) is 26.8. The molecule has 0 aromatic heterocycles. The SMILES string of the molecule is COc1cc(/C=C2\SC(=S)N(c3ccccc3F)C2=O)ccc1OCC(=O)Nc1ccc(Br)c(C)c1C. The third kappa shape index (κ3) is 5.87. The summed E-state index contributed by atoms with van der Waals surface area (Å²) >= 11 is 9.89. The van der Waals surface area contributed by atoms with E-state index in [1.165, 1.54) is 24.1 Å². The number of thioether (sulfide) groups is 1. The number of halogens is 2. The highest BCUT2D eigenvalue weighted by atomic mass is 79.9. The number of nitrogens with zero attached hydrogens (tertiary/aromatic N) is 1. The molecule has 0 spiro atoms. The Balaban J connectivity index is 1.46. The Bertz CT molecular complexity index is 1440. The molecule has 0 bridgehead atoms. The number of hydrogen-bond donors (Lipinski definition) is 1. The number of ether oxygens (including phenoxy) is 2. The molecule has 6 nitrogen and oxygen atoms in total. The number of para-hydroxylation sites is 1. The number of amides is 2. The monoisotopic (exact) mass is 600 g/mol. The topological polar surface area (TPSA) is 67.9 Å². The van der Waals surface area contributed by atoms with E-state index >= 15 is 0 Å². The quantitative estimate of drug-likeness (QED) is 0.242. The van der Waals surface area contributed by atoms with E-state index in [1.54, 1.807) is 36.4 Å². The molecule has 0 radical (unpaired) electrons. The van der Waals surface area contributed by atoms with Gasteiger partial charge in [0.1, 0.15) is 5.82 Å². The summed E-state index contributed by atoms with van der Waals surface area (Å²) in [5.74, 6) is -0.487. The third-order valence-electron chi connectivity index (χ3n) is 5.73. The van der Waals surface area contributed by atoms with Crippen LogP contribution in [0.1, 0.15) is 16.7 Å². The van der Waals surface area contributed by atoms with Crippen LogP contribution in [0.15, 0.2) is 64.0 Å². The standard InChI is InChI=1S/C27H22BrFN2O4S2/c1-15-16(2)20(10-9-18(15)28)30-25(32)14-35-22-11-8-17(12-23(22)34-3)13-24-26(33)31(27(36)37-24)21-7-5-4-6-19(21)29/h4-13H,14H2,1-3H3,(H,30,32)/b24-13-. The molecule has 190 valence electrons. The van der Waals surface area contributed by atoms with Crippen molar-refractivity contribution in [2.45, 2.75) is 13.8 Å². The summed E-state index contributed by atoms with van der Waals surface area (Å²) in [4.78, 5) is 27.0. The van der Waals surface area contributed by atoms with Gasteiger partial charge in [-0.15, -0.1) is 0 Å². The first-order valence-corrected chi connectivity index (χ1v) is 13.1. The van der Waals surface area contributed by atoms with Crippen LogP contribution >= 0.6 is 39.9 Å². The van der Waals surface area contributed by atoms with Gasteiger partial charge in [0.25, 0.3) is 11.8 Å². The zero-order valence-electron chi connectivity index (χ0n) is 20.1. The lowest BCUT2D eigenvalue weighted by atomic mass is 10.1. The number of rotatable bonds is 7. The number of carbonyl (C=O) groups is 2. The second kappa shape index (κ2) is 11.5. The summed E-state index contributed by atoms with van der Waals surface area (Å²) in [5, 5.41) is 2.86. The van der Waals surface area contributed by atoms with Crippen LogP contribution in [0.5, 0.6) is 11.5 Å². The fourth-order valence-corrected chi connectivity index (χ4v) is 5.32. The summed E-state index contributed by atoms with van der Waals surface area (Å²) in [6.07, 6.45) is 1.65. The highest BCUT2D eigenvalue weighted by Gasteiger charge is 2.34. The summed E-state index contributed by atoms with van der Waals surface area (Å²) in [6, 6.07) is 14.8. The van der Waals surface area contributed by atoms with Gasteiger partial charge < -0.3 is 14.8 Å². The van der Waals surface area contributed by atoms with Crippen LogP contribution in [-0.2, 0) is 9.59 Å². The largest absolute Gasteiger partial charge is 0.493 e. The molecule has 37 heavy (non-hydrogen) atoms. The van der Waals surface area contributed by atoms with Crippen LogP contribution in [0.4, 0.5) is 15.8 Å². The molecular weight excluding hydrogens is 579 g/mol. The zero-order valence-corrected chi connectivity index (χ0v) is 23.4. The predicted octanol–water partition coefficient (Wildman–Crippen LogP) is 6.64. The number of nitrogens with one attached hydrogen (secondary N) is 1. The maximum atomic E-state index is 14.2. The molecule has 0 atom stereocenters. The van der Waals surface area contributed by atoms with Crippen molar-refractivity contribution in [2.75, 3.05) is 23.9 Å². The van der Waals surface area contributed by atoms with Crippen LogP contribution in [0.25, 0.3) is 6.08 Å². The molecule has 3 aromatic carbocycles. The van der Waals surface area contributed by atoms with Gasteiger partial charge in [-0.05, 0) is 73.0 Å². The van der Waals surface area contributed by atoms with Gasteiger partial charge in [-0.25, -0.2) is 4.39 Å².